The molecule has 2 aromatic rings. The van der Waals surface area contributed by atoms with Crippen molar-refractivity contribution < 1.29 is 4.92 Å². The molecular formula is C15H17N3O2S. The zero-order chi connectivity index (χ0) is 15.4. The molecular weight excluding hydrogens is 286 g/mol. The lowest BCUT2D eigenvalue weighted by Crippen LogP contribution is -2.07. The molecule has 2 aromatic carbocycles. The maximum absolute atomic E-state index is 10.9. The monoisotopic (exact) mass is 303 g/mol. The van der Waals surface area contributed by atoms with E-state index in [2.05, 4.69) is 37.5 Å². The first kappa shape index (κ1) is 15.3. The predicted molar refractivity (Wildman–Crippen MR) is 86.4 cm³/mol. The third kappa shape index (κ3) is 4.21. The molecule has 0 amide bonds. The fourth-order valence-electron chi connectivity index (χ4n) is 2.17. The van der Waals surface area contributed by atoms with Crippen molar-refractivity contribution >= 4 is 23.1 Å². The van der Waals surface area contributed by atoms with Gasteiger partial charge < -0.3 is 5.43 Å². The number of nitro benzene ring substituents is 1. The number of anilines is 1. The number of nitrogens with zero attached hydrogens (tertiary/aromatic N) is 1. The highest BCUT2D eigenvalue weighted by atomic mass is 32.2. The quantitative estimate of drug-likeness (QED) is 0.380. The number of aryl methyl sites for hydroxylation is 2. The van der Waals surface area contributed by atoms with Crippen LogP contribution < -0.4 is 11.3 Å². The molecule has 21 heavy (non-hydrogen) atoms. The number of hydrogen-bond donors (Lipinski definition) is 2. The molecule has 0 aromatic heterocycles. The Morgan fingerprint density at radius 2 is 1.81 bits per heavy atom. The summed E-state index contributed by atoms with van der Waals surface area (Å²) < 4.78 is 0. The highest BCUT2D eigenvalue weighted by molar-refractivity contribution is 7.98. The molecule has 0 bridgehead atoms. The minimum Gasteiger partial charge on any atom is -0.324 e. The first-order chi connectivity index (χ1) is 9.97. The number of thioether (sulfide) groups is 1. The van der Waals surface area contributed by atoms with Gasteiger partial charge >= 0.3 is 0 Å². The van der Waals surface area contributed by atoms with Crippen LogP contribution in [0, 0.1) is 24.0 Å². The zero-order valence-electron chi connectivity index (χ0n) is 11.9. The Morgan fingerprint density at radius 3 is 2.38 bits per heavy atom. The smallest absolute Gasteiger partial charge is 0.272 e. The molecule has 6 heteroatoms. The predicted octanol–water partition coefficient (Wildman–Crippen LogP) is 3.79. The van der Waals surface area contributed by atoms with E-state index in [1.807, 2.05) is 0 Å². The third-order valence-corrected chi connectivity index (χ3v) is 4.00. The van der Waals surface area contributed by atoms with Crippen LogP contribution in [-0.2, 0) is 5.75 Å². The van der Waals surface area contributed by atoms with Gasteiger partial charge in [0.25, 0.3) is 5.69 Å². The number of hydrogen-bond acceptors (Lipinski definition) is 5. The fourth-order valence-corrected chi connectivity index (χ4v) is 3.09. The van der Waals surface area contributed by atoms with Gasteiger partial charge in [0.1, 0.15) is 0 Å². The van der Waals surface area contributed by atoms with Crippen LogP contribution in [0.4, 0.5) is 11.4 Å². The second-order valence-electron chi connectivity index (χ2n) is 4.90. The molecule has 3 N–H and O–H groups in total. The first-order valence-electron chi connectivity index (χ1n) is 6.44. The van der Waals surface area contributed by atoms with Gasteiger partial charge in [-0.25, -0.2) is 0 Å². The van der Waals surface area contributed by atoms with Crippen molar-refractivity contribution in [1.29, 1.82) is 0 Å². The van der Waals surface area contributed by atoms with Gasteiger partial charge in [0, 0.05) is 22.8 Å². The van der Waals surface area contributed by atoms with Crippen LogP contribution in [0.3, 0.4) is 0 Å². The van der Waals surface area contributed by atoms with Crippen molar-refractivity contribution in [3.05, 3.63) is 63.2 Å². The number of rotatable bonds is 5. The molecule has 2 rings (SSSR count). The molecule has 0 fully saturated rings. The topological polar surface area (TPSA) is 81.2 Å². The molecule has 110 valence electrons. The van der Waals surface area contributed by atoms with Gasteiger partial charge in [0.15, 0.2) is 0 Å². The van der Waals surface area contributed by atoms with Crippen molar-refractivity contribution in [2.45, 2.75) is 24.5 Å². The Morgan fingerprint density at radius 1 is 1.14 bits per heavy atom. The highest BCUT2D eigenvalue weighted by Crippen LogP contribution is 2.30. The van der Waals surface area contributed by atoms with Crippen LogP contribution in [0.1, 0.15) is 16.7 Å². The molecule has 0 atom stereocenters. The molecule has 5 nitrogen and oxygen atoms in total. The van der Waals surface area contributed by atoms with Crippen LogP contribution in [-0.4, -0.2) is 4.92 Å². The number of nitrogen functional groups attached to an aromatic ring is 1. The molecule has 0 heterocycles. The number of non-ortho nitro benzene ring substituents is 1. The molecule has 0 spiro atoms. The van der Waals surface area contributed by atoms with Crippen LogP contribution >= 0.6 is 11.8 Å². The Balaban J connectivity index is 2.19. The van der Waals surface area contributed by atoms with E-state index < -0.39 is 4.92 Å². The van der Waals surface area contributed by atoms with E-state index in [0.717, 1.165) is 10.6 Å². The summed E-state index contributed by atoms with van der Waals surface area (Å²) in [6, 6.07) is 11.2. The summed E-state index contributed by atoms with van der Waals surface area (Å²) in [7, 11) is 0. The second kappa shape index (κ2) is 6.60. The summed E-state index contributed by atoms with van der Waals surface area (Å²) in [6.45, 7) is 4.12. The van der Waals surface area contributed by atoms with E-state index in [0.29, 0.717) is 5.69 Å². The zero-order valence-corrected chi connectivity index (χ0v) is 12.7. The van der Waals surface area contributed by atoms with Gasteiger partial charge in [0.2, 0.25) is 0 Å². The van der Waals surface area contributed by atoms with Crippen molar-refractivity contribution in [2.75, 3.05) is 5.43 Å². The van der Waals surface area contributed by atoms with Crippen molar-refractivity contribution in [1.82, 2.24) is 0 Å². The molecule has 0 aliphatic carbocycles. The lowest BCUT2D eigenvalue weighted by molar-refractivity contribution is -0.385. The lowest BCUT2D eigenvalue weighted by Gasteiger charge is -2.07. The van der Waals surface area contributed by atoms with Gasteiger partial charge in [-0.3, -0.25) is 16.0 Å². The summed E-state index contributed by atoms with van der Waals surface area (Å²) in [5.74, 6) is 6.11. The van der Waals surface area contributed by atoms with Gasteiger partial charge in [-0.1, -0.05) is 29.3 Å². The Bertz CT molecular complexity index is 654. The first-order valence-corrected chi connectivity index (χ1v) is 7.42. The second-order valence-corrected chi connectivity index (χ2v) is 5.95. The molecule has 0 unspecified atom stereocenters. The van der Waals surface area contributed by atoms with E-state index in [1.54, 1.807) is 23.9 Å². The third-order valence-electron chi connectivity index (χ3n) is 2.96. The van der Waals surface area contributed by atoms with E-state index in [-0.39, 0.29) is 5.69 Å². The number of nitrogens with two attached hydrogens (primary N) is 1. The highest BCUT2D eigenvalue weighted by Gasteiger charge is 2.10. The summed E-state index contributed by atoms with van der Waals surface area (Å²) in [5.41, 5.74) is 6.66. The molecule has 0 saturated heterocycles. The fraction of sp³-hybridized carbons (Fsp3) is 0.200. The maximum atomic E-state index is 10.9. The average Bonchev–Trinajstić information content (AvgIpc) is 2.43. The molecule has 0 saturated carbocycles. The molecule has 0 radical (unpaired) electrons. The van der Waals surface area contributed by atoms with E-state index in [1.165, 1.54) is 22.8 Å². The van der Waals surface area contributed by atoms with Crippen molar-refractivity contribution in [3.63, 3.8) is 0 Å². The Hall–Kier alpha value is -2.05. The Labute approximate surface area is 127 Å². The van der Waals surface area contributed by atoms with E-state index in [4.69, 9.17) is 5.84 Å². The average molecular weight is 303 g/mol. The lowest BCUT2D eigenvalue weighted by atomic mass is 10.1. The largest absolute Gasteiger partial charge is 0.324 e. The summed E-state index contributed by atoms with van der Waals surface area (Å²) in [5, 5.41) is 10.9. The van der Waals surface area contributed by atoms with Gasteiger partial charge in [-0.15, -0.1) is 11.8 Å². The van der Waals surface area contributed by atoms with Gasteiger partial charge in [-0.2, -0.15) is 0 Å². The number of hydrazine groups is 1. The number of nitrogens with one attached hydrogen (secondary N) is 1. The van der Waals surface area contributed by atoms with Gasteiger partial charge in [0.05, 0.1) is 10.6 Å². The minimum absolute atomic E-state index is 0.0355. The number of benzene rings is 2. The number of nitro groups is 1. The molecule has 0 aliphatic rings. The van der Waals surface area contributed by atoms with E-state index in [9.17, 15) is 10.1 Å². The van der Waals surface area contributed by atoms with Gasteiger partial charge in [-0.05, 0) is 25.5 Å². The summed E-state index contributed by atoms with van der Waals surface area (Å²) in [4.78, 5) is 11.3. The summed E-state index contributed by atoms with van der Waals surface area (Å²) in [6.07, 6.45) is 0. The van der Waals surface area contributed by atoms with Crippen LogP contribution in [0.25, 0.3) is 0 Å². The van der Waals surface area contributed by atoms with Crippen LogP contribution in [0.2, 0.25) is 0 Å². The Kier molecular flexibility index (Phi) is 4.82. The summed E-state index contributed by atoms with van der Waals surface area (Å²) >= 11 is 1.55. The minimum atomic E-state index is -0.415. The molecule has 0 aliphatic heterocycles. The SMILES string of the molecule is Cc1cc(C)cc(CSc2cc(NN)cc([N+](=O)[O-])c2)c1. The van der Waals surface area contributed by atoms with Crippen LogP contribution in [0.15, 0.2) is 41.3 Å². The maximum Gasteiger partial charge on any atom is 0.272 e. The van der Waals surface area contributed by atoms with Crippen molar-refractivity contribution in [3.8, 4) is 0 Å². The van der Waals surface area contributed by atoms with Crippen molar-refractivity contribution in [2.24, 2.45) is 5.84 Å². The van der Waals surface area contributed by atoms with E-state index >= 15 is 0 Å². The standard InChI is InChI=1S/C15H17N3O2S/c1-10-3-11(2)5-12(4-10)9-21-15-7-13(17-16)6-14(8-15)18(19)20/h3-8,17H,9,16H2,1-2H3. The van der Waals surface area contributed by atoms with Crippen LogP contribution in [0.5, 0.6) is 0 Å². The normalized spacial score (nSPS) is 10.4.